The summed E-state index contributed by atoms with van der Waals surface area (Å²) >= 11 is 0. The molecule has 160 valence electrons. The summed E-state index contributed by atoms with van der Waals surface area (Å²) in [5, 5.41) is 4.78. The molecule has 0 bridgehead atoms. The van der Waals surface area contributed by atoms with Crippen LogP contribution in [-0.4, -0.2) is 57.6 Å². The lowest BCUT2D eigenvalue weighted by Gasteiger charge is -2.35. The third-order valence-electron chi connectivity index (χ3n) is 5.63. The summed E-state index contributed by atoms with van der Waals surface area (Å²) in [7, 11) is 0. The van der Waals surface area contributed by atoms with Gasteiger partial charge in [0.25, 0.3) is 5.91 Å². The molecule has 1 saturated heterocycles. The van der Waals surface area contributed by atoms with Crippen molar-refractivity contribution in [3.05, 3.63) is 71.9 Å². The van der Waals surface area contributed by atoms with Gasteiger partial charge in [0.15, 0.2) is 0 Å². The number of aryl methyl sites for hydroxylation is 1. The van der Waals surface area contributed by atoms with E-state index in [1.807, 2.05) is 91.4 Å². The van der Waals surface area contributed by atoms with Gasteiger partial charge in [-0.2, -0.15) is 5.10 Å². The number of aromatic nitrogens is 2. The molecule has 6 nitrogen and oxygen atoms in total. The first-order valence-corrected chi connectivity index (χ1v) is 10.7. The highest BCUT2D eigenvalue weighted by atomic mass is 16.2. The minimum atomic E-state index is -0.0460. The smallest absolute Gasteiger partial charge is 0.257 e. The topological polar surface area (TPSA) is 58.4 Å². The number of amides is 2. The lowest BCUT2D eigenvalue weighted by atomic mass is 10.0. The van der Waals surface area contributed by atoms with E-state index in [2.05, 4.69) is 0 Å². The van der Waals surface area contributed by atoms with Crippen molar-refractivity contribution in [2.45, 2.75) is 20.8 Å². The second-order valence-corrected chi connectivity index (χ2v) is 8.31. The lowest BCUT2D eigenvalue weighted by molar-refractivity contribution is -0.135. The molecule has 31 heavy (non-hydrogen) atoms. The van der Waals surface area contributed by atoms with Gasteiger partial charge in [0, 0.05) is 43.9 Å². The molecule has 2 amide bonds. The van der Waals surface area contributed by atoms with E-state index < -0.39 is 0 Å². The highest BCUT2D eigenvalue weighted by molar-refractivity contribution is 6.00. The Morgan fingerprint density at radius 3 is 2.23 bits per heavy atom. The Hall–Kier alpha value is -3.41. The molecule has 0 N–H and O–H groups in total. The van der Waals surface area contributed by atoms with Crippen LogP contribution in [0.1, 0.15) is 29.8 Å². The predicted octanol–water partition coefficient (Wildman–Crippen LogP) is 3.79. The summed E-state index contributed by atoms with van der Waals surface area (Å²) in [5.41, 5.74) is 4.21. The molecule has 3 aromatic rings. The largest absolute Gasteiger partial charge is 0.339 e. The van der Waals surface area contributed by atoms with Gasteiger partial charge in [0.1, 0.15) is 5.69 Å². The van der Waals surface area contributed by atoms with Gasteiger partial charge >= 0.3 is 0 Å². The number of piperazine rings is 1. The van der Waals surface area contributed by atoms with E-state index >= 15 is 0 Å². The molecule has 0 saturated carbocycles. The Labute approximate surface area is 183 Å². The Morgan fingerprint density at radius 2 is 1.58 bits per heavy atom. The van der Waals surface area contributed by atoms with E-state index in [1.54, 1.807) is 4.68 Å². The van der Waals surface area contributed by atoms with Crippen molar-refractivity contribution in [2.24, 2.45) is 5.92 Å². The van der Waals surface area contributed by atoms with E-state index in [9.17, 15) is 9.59 Å². The molecule has 0 atom stereocenters. The highest BCUT2D eigenvalue weighted by Crippen LogP contribution is 2.26. The third-order valence-corrected chi connectivity index (χ3v) is 5.63. The second-order valence-electron chi connectivity index (χ2n) is 8.31. The Balaban J connectivity index is 1.64. The van der Waals surface area contributed by atoms with Crippen LogP contribution in [-0.2, 0) is 4.79 Å². The van der Waals surface area contributed by atoms with E-state index in [4.69, 9.17) is 5.10 Å². The Bertz CT molecular complexity index is 1080. The number of benzene rings is 2. The summed E-state index contributed by atoms with van der Waals surface area (Å²) in [6, 6.07) is 17.9. The van der Waals surface area contributed by atoms with E-state index in [1.165, 1.54) is 0 Å². The van der Waals surface area contributed by atoms with E-state index in [0.29, 0.717) is 37.4 Å². The maximum Gasteiger partial charge on any atom is 0.257 e. The number of para-hydroxylation sites is 1. The normalized spacial score (nSPS) is 14.2. The number of hydrogen-bond acceptors (Lipinski definition) is 3. The number of nitrogens with zero attached hydrogens (tertiary/aromatic N) is 4. The molecule has 0 aliphatic carbocycles. The zero-order chi connectivity index (χ0) is 22.0. The molecule has 2 heterocycles. The van der Waals surface area contributed by atoms with Crippen LogP contribution in [0, 0.1) is 12.8 Å². The minimum absolute atomic E-state index is 0.0284. The van der Waals surface area contributed by atoms with Crippen LogP contribution >= 0.6 is 0 Å². The van der Waals surface area contributed by atoms with Crippen LogP contribution in [0.2, 0.25) is 0 Å². The van der Waals surface area contributed by atoms with Crippen LogP contribution in [0.15, 0.2) is 60.8 Å². The molecule has 0 unspecified atom stereocenters. The van der Waals surface area contributed by atoms with Gasteiger partial charge in [-0.15, -0.1) is 0 Å². The molecule has 1 aliphatic heterocycles. The first-order valence-electron chi connectivity index (χ1n) is 10.7. The van der Waals surface area contributed by atoms with Crippen molar-refractivity contribution in [3.63, 3.8) is 0 Å². The molecule has 1 fully saturated rings. The molecule has 0 spiro atoms. The van der Waals surface area contributed by atoms with Gasteiger partial charge in [-0.05, 0) is 25.1 Å². The van der Waals surface area contributed by atoms with Crippen molar-refractivity contribution < 1.29 is 9.59 Å². The van der Waals surface area contributed by atoms with E-state index in [0.717, 1.165) is 16.8 Å². The lowest BCUT2D eigenvalue weighted by Crippen LogP contribution is -2.51. The van der Waals surface area contributed by atoms with Crippen LogP contribution in [0.25, 0.3) is 16.9 Å². The monoisotopic (exact) mass is 416 g/mol. The SMILES string of the molecule is Cc1cccc(-c2nn(-c3ccccc3)cc2C(=O)N2CCN(C(=O)C(C)C)CC2)c1. The van der Waals surface area contributed by atoms with Gasteiger partial charge in [-0.1, -0.05) is 55.8 Å². The van der Waals surface area contributed by atoms with Crippen LogP contribution in [0.4, 0.5) is 0 Å². The van der Waals surface area contributed by atoms with Gasteiger partial charge in [-0.25, -0.2) is 4.68 Å². The summed E-state index contributed by atoms with van der Waals surface area (Å²) in [5.74, 6) is 0.0686. The summed E-state index contributed by atoms with van der Waals surface area (Å²) in [6.07, 6.45) is 1.82. The van der Waals surface area contributed by atoms with Crippen molar-refractivity contribution >= 4 is 11.8 Å². The minimum Gasteiger partial charge on any atom is -0.339 e. The number of rotatable bonds is 4. The van der Waals surface area contributed by atoms with Gasteiger partial charge in [0.2, 0.25) is 5.91 Å². The standard InChI is InChI=1S/C25H28N4O2/c1-18(2)24(30)27-12-14-28(15-13-27)25(31)22-17-29(21-10-5-4-6-11-21)26-23(22)20-9-7-8-19(3)16-20/h4-11,16-18H,12-15H2,1-3H3. The number of carbonyl (C=O) groups excluding carboxylic acids is 2. The third kappa shape index (κ3) is 4.38. The van der Waals surface area contributed by atoms with Crippen molar-refractivity contribution in [1.82, 2.24) is 19.6 Å². The zero-order valence-corrected chi connectivity index (χ0v) is 18.3. The molecular formula is C25H28N4O2. The average Bonchev–Trinajstić information content (AvgIpc) is 3.24. The van der Waals surface area contributed by atoms with Crippen LogP contribution in [0.5, 0.6) is 0 Å². The van der Waals surface area contributed by atoms with Crippen molar-refractivity contribution in [3.8, 4) is 16.9 Å². The maximum absolute atomic E-state index is 13.5. The molecule has 4 rings (SSSR count). The maximum atomic E-state index is 13.5. The fraction of sp³-hybridized carbons (Fsp3) is 0.320. The quantitative estimate of drug-likeness (QED) is 0.650. The molecule has 2 aromatic carbocycles. The Morgan fingerprint density at radius 1 is 0.903 bits per heavy atom. The summed E-state index contributed by atoms with van der Waals surface area (Å²) < 4.78 is 1.77. The number of carbonyl (C=O) groups is 2. The molecule has 0 radical (unpaired) electrons. The number of hydrogen-bond donors (Lipinski definition) is 0. The van der Waals surface area contributed by atoms with Crippen molar-refractivity contribution in [2.75, 3.05) is 26.2 Å². The second kappa shape index (κ2) is 8.76. The predicted molar refractivity (Wildman–Crippen MR) is 121 cm³/mol. The van der Waals surface area contributed by atoms with Crippen LogP contribution in [0.3, 0.4) is 0 Å². The van der Waals surface area contributed by atoms with Gasteiger partial charge in [0.05, 0.1) is 11.3 Å². The molecule has 1 aromatic heterocycles. The van der Waals surface area contributed by atoms with Gasteiger partial charge in [-0.3, -0.25) is 9.59 Å². The summed E-state index contributed by atoms with van der Waals surface area (Å²) in [4.78, 5) is 29.5. The average molecular weight is 417 g/mol. The first-order chi connectivity index (χ1) is 14.9. The van der Waals surface area contributed by atoms with Gasteiger partial charge < -0.3 is 9.80 Å². The highest BCUT2D eigenvalue weighted by Gasteiger charge is 2.28. The summed E-state index contributed by atoms with van der Waals surface area (Å²) in [6.45, 7) is 8.04. The fourth-order valence-corrected chi connectivity index (χ4v) is 3.91. The molecular weight excluding hydrogens is 388 g/mol. The fourth-order valence-electron chi connectivity index (χ4n) is 3.91. The van der Waals surface area contributed by atoms with E-state index in [-0.39, 0.29) is 17.7 Å². The molecule has 1 aliphatic rings. The zero-order valence-electron chi connectivity index (χ0n) is 18.3. The first kappa shape index (κ1) is 20.8. The van der Waals surface area contributed by atoms with Crippen LogP contribution < -0.4 is 0 Å². The van der Waals surface area contributed by atoms with Crippen molar-refractivity contribution in [1.29, 1.82) is 0 Å². The molecule has 6 heteroatoms. The Kier molecular flexibility index (Phi) is 5.89.